The highest BCUT2D eigenvalue weighted by Crippen LogP contribution is 2.22. The lowest BCUT2D eigenvalue weighted by Gasteiger charge is -2.13. The van der Waals surface area contributed by atoms with Crippen LogP contribution in [-0.4, -0.2) is 29.3 Å². The number of rotatable bonds is 11. The summed E-state index contributed by atoms with van der Waals surface area (Å²) in [7, 11) is 0. The van der Waals surface area contributed by atoms with Gasteiger partial charge in [0.1, 0.15) is 12.4 Å². The van der Waals surface area contributed by atoms with Gasteiger partial charge >= 0.3 is 0 Å². The zero-order valence-corrected chi connectivity index (χ0v) is 24.3. The number of ether oxygens (including phenoxy) is 1. The maximum absolute atomic E-state index is 13.2. The molecule has 3 amide bonds. The number of nitrogens with one attached hydrogen (secondary N) is 3. The molecule has 4 aromatic rings. The van der Waals surface area contributed by atoms with Crippen molar-refractivity contribution in [2.24, 2.45) is 0 Å². The van der Waals surface area contributed by atoms with Gasteiger partial charge in [0.15, 0.2) is 0 Å². The molecular formula is C34H33N5O4. The first-order chi connectivity index (χ1) is 20.8. The van der Waals surface area contributed by atoms with Gasteiger partial charge in [-0.15, -0.1) is 0 Å². The van der Waals surface area contributed by atoms with Gasteiger partial charge in [0.05, 0.1) is 30.5 Å². The van der Waals surface area contributed by atoms with Crippen molar-refractivity contribution in [1.29, 1.82) is 5.26 Å². The Labute approximate surface area is 250 Å². The zero-order valence-electron chi connectivity index (χ0n) is 24.3. The topological polar surface area (TPSA) is 133 Å². The molecule has 43 heavy (non-hydrogen) atoms. The van der Waals surface area contributed by atoms with Crippen molar-refractivity contribution < 1.29 is 19.1 Å². The number of nitrogens with zero attached hydrogens (tertiary/aromatic N) is 2. The van der Waals surface area contributed by atoms with Crippen LogP contribution in [0.1, 0.15) is 62.2 Å². The minimum Gasteiger partial charge on any atom is -0.367 e. The summed E-state index contributed by atoms with van der Waals surface area (Å²) in [6, 6.07) is 25.6. The van der Waals surface area contributed by atoms with E-state index in [9.17, 15) is 19.6 Å². The van der Waals surface area contributed by atoms with Gasteiger partial charge in [-0.1, -0.05) is 55.5 Å². The second-order valence-electron chi connectivity index (χ2n) is 10.1. The summed E-state index contributed by atoms with van der Waals surface area (Å²) >= 11 is 0. The Kier molecular flexibility index (Phi) is 10.3. The summed E-state index contributed by atoms with van der Waals surface area (Å²) in [6.07, 6.45) is 2.11. The second kappa shape index (κ2) is 14.5. The molecule has 4 rings (SSSR count). The van der Waals surface area contributed by atoms with Crippen LogP contribution in [0.3, 0.4) is 0 Å². The molecule has 0 aliphatic rings. The molecule has 0 bridgehead atoms. The molecule has 0 radical (unpaired) electrons. The molecule has 1 heterocycles. The molecule has 0 aliphatic carbocycles. The Balaban J connectivity index is 1.37. The SMILES string of the molecule is CCC(C#N)c1cccc(C(=O)Nc2ccc(C)c(C(=O)Nc3cnc(NC(=O)COCc4ccccc4)c(C)c3)c2)c1. The van der Waals surface area contributed by atoms with E-state index in [0.717, 1.165) is 16.7 Å². The molecule has 1 unspecified atom stereocenters. The van der Waals surface area contributed by atoms with Crippen LogP contribution >= 0.6 is 0 Å². The average Bonchev–Trinajstić information content (AvgIpc) is 3.01. The Bertz CT molecular complexity index is 1660. The second-order valence-corrected chi connectivity index (χ2v) is 10.1. The largest absolute Gasteiger partial charge is 0.367 e. The standard InChI is InChI=1S/C34H33N5O4/c1-4-25(18-35)26-11-8-12-27(16-26)33(41)37-28-14-13-22(2)30(17-28)34(42)38-29-15-23(3)32(36-19-29)39-31(40)21-43-20-24-9-6-5-7-10-24/h5-17,19,25H,4,20-21H2,1-3H3,(H,37,41)(H,38,42)(H,36,39,40). The van der Waals surface area contributed by atoms with Crippen molar-refractivity contribution in [3.05, 3.63) is 118 Å². The Morgan fingerprint density at radius 1 is 0.860 bits per heavy atom. The number of hydrogen-bond acceptors (Lipinski definition) is 6. The van der Waals surface area contributed by atoms with E-state index in [2.05, 4.69) is 27.0 Å². The van der Waals surface area contributed by atoms with Gasteiger partial charge in [0, 0.05) is 16.8 Å². The first kappa shape index (κ1) is 30.6. The van der Waals surface area contributed by atoms with Gasteiger partial charge < -0.3 is 20.7 Å². The summed E-state index contributed by atoms with van der Waals surface area (Å²) in [5.41, 5.74) is 4.86. The predicted molar refractivity (Wildman–Crippen MR) is 166 cm³/mol. The number of benzene rings is 3. The lowest BCUT2D eigenvalue weighted by Crippen LogP contribution is -2.20. The molecule has 3 N–H and O–H groups in total. The van der Waals surface area contributed by atoms with Crippen LogP contribution in [0.5, 0.6) is 0 Å². The quantitative estimate of drug-likeness (QED) is 0.190. The highest BCUT2D eigenvalue weighted by atomic mass is 16.5. The van der Waals surface area contributed by atoms with Gasteiger partial charge in [-0.3, -0.25) is 14.4 Å². The monoisotopic (exact) mass is 575 g/mol. The number of amides is 3. The fourth-order valence-electron chi connectivity index (χ4n) is 4.42. The molecule has 0 spiro atoms. The number of carbonyl (C=O) groups is 3. The summed E-state index contributed by atoms with van der Waals surface area (Å²) in [6.45, 7) is 5.71. The van der Waals surface area contributed by atoms with Crippen LogP contribution in [0.2, 0.25) is 0 Å². The molecule has 0 aliphatic heterocycles. The van der Waals surface area contributed by atoms with E-state index in [1.807, 2.05) is 43.3 Å². The van der Waals surface area contributed by atoms with Crippen LogP contribution < -0.4 is 16.0 Å². The lowest BCUT2D eigenvalue weighted by atomic mass is 9.96. The summed E-state index contributed by atoms with van der Waals surface area (Å²) in [5, 5.41) is 17.8. The lowest BCUT2D eigenvalue weighted by molar-refractivity contribution is -0.121. The Morgan fingerprint density at radius 3 is 2.35 bits per heavy atom. The van der Waals surface area contributed by atoms with E-state index >= 15 is 0 Å². The maximum atomic E-state index is 13.2. The molecule has 0 fully saturated rings. The summed E-state index contributed by atoms with van der Waals surface area (Å²) in [5.74, 6) is -0.962. The molecule has 0 saturated carbocycles. The highest BCUT2D eigenvalue weighted by Gasteiger charge is 2.15. The molecule has 1 atom stereocenters. The van der Waals surface area contributed by atoms with Crippen molar-refractivity contribution >= 4 is 34.9 Å². The van der Waals surface area contributed by atoms with Crippen molar-refractivity contribution in [3.8, 4) is 6.07 Å². The highest BCUT2D eigenvalue weighted by molar-refractivity contribution is 6.08. The predicted octanol–water partition coefficient (Wildman–Crippen LogP) is 6.38. The van der Waals surface area contributed by atoms with E-state index in [4.69, 9.17) is 4.74 Å². The van der Waals surface area contributed by atoms with E-state index in [1.54, 1.807) is 56.3 Å². The van der Waals surface area contributed by atoms with Gasteiger partial charge in [-0.05, 0) is 72.9 Å². The number of pyridine rings is 1. The Morgan fingerprint density at radius 2 is 1.63 bits per heavy atom. The minimum absolute atomic E-state index is 0.120. The molecule has 0 saturated heterocycles. The normalized spacial score (nSPS) is 11.2. The average molecular weight is 576 g/mol. The molecule has 3 aromatic carbocycles. The third kappa shape index (κ3) is 8.35. The van der Waals surface area contributed by atoms with Gasteiger partial charge in [-0.25, -0.2) is 4.98 Å². The van der Waals surface area contributed by atoms with Crippen molar-refractivity contribution in [2.75, 3.05) is 22.6 Å². The number of carbonyl (C=O) groups excluding carboxylic acids is 3. The maximum Gasteiger partial charge on any atom is 0.256 e. The van der Waals surface area contributed by atoms with Crippen LogP contribution in [0.4, 0.5) is 17.2 Å². The van der Waals surface area contributed by atoms with Crippen LogP contribution in [0, 0.1) is 25.2 Å². The third-order valence-electron chi connectivity index (χ3n) is 6.79. The fourth-order valence-corrected chi connectivity index (χ4v) is 4.42. The minimum atomic E-state index is -0.372. The first-order valence-corrected chi connectivity index (χ1v) is 13.9. The van der Waals surface area contributed by atoms with Gasteiger partial charge in [0.2, 0.25) is 0 Å². The number of anilines is 3. The number of nitriles is 1. The molecular weight excluding hydrogens is 542 g/mol. The zero-order chi connectivity index (χ0) is 30.8. The fraction of sp³-hybridized carbons (Fsp3) is 0.206. The molecule has 218 valence electrons. The number of hydrogen-bond donors (Lipinski definition) is 3. The van der Waals surface area contributed by atoms with Crippen LogP contribution in [0.15, 0.2) is 85.1 Å². The number of aromatic nitrogens is 1. The van der Waals surface area contributed by atoms with Crippen molar-refractivity contribution in [3.63, 3.8) is 0 Å². The summed E-state index contributed by atoms with van der Waals surface area (Å²) in [4.78, 5) is 42.7. The van der Waals surface area contributed by atoms with E-state index in [1.165, 1.54) is 6.20 Å². The van der Waals surface area contributed by atoms with Crippen LogP contribution in [0.25, 0.3) is 0 Å². The number of aryl methyl sites for hydroxylation is 2. The molecule has 1 aromatic heterocycles. The van der Waals surface area contributed by atoms with Crippen molar-refractivity contribution in [1.82, 2.24) is 4.98 Å². The van der Waals surface area contributed by atoms with Gasteiger partial charge in [0.25, 0.3) is 17.7 Å². The summed E-state index contributed by atoms with van der Waals surface area (Å²) < 4.78 is 5.48. The van der Waals surface area contributed by atoms with Crippen LogP contribution in [-0.2, 0) is 16.1 Å². The molecule has 9 nitrogen and oxygen atoms in total. The van der Waals surface area contributed by atoms with E-state index < -0.39 is 0 Å². The van der Waals surface area contributed by atoms with E-state index in [0.29, 0.717) is 46.9 Å². The smallest absolute Gasteiger partial charge is 0.256 e. The van der Waals surface area contributed by atoms with Gasteiger partial charge in [-0.2, -0.15) is 5.26 Å². The Hall–Kier alpha value is -5.33. The van der Waals surface area contributed by atoms with E-state index in [-0.39, 0.29) is 30.2 Å². The molecule has 9 heteroatoms. The third-order valence-corrected chi connectivity index (χ3v) is 6.79. The first-order valence-electron chi connectivity index (χ1n) is 13.9. The van der Waals surface area contributed by atoms with Crippen molar-refractivity contribution in [2.45, 2.75) is 39.7 Å².